The molecule has 112 valence electrons. The SMILES string of the molecule is CCC1CN(Cc2ncc(C)c(OC)c2C)C(C)CN1. The Labute approximate surface area is 122 Å². The third-order valence-electron chi connectivity index (χ3n) is 4.38. The number of nitrogens with zero attached hydrogens (tertiary/aromatic N) is 2. The van der Waals surface area contributed by atoms with Gasteiger partial charge in [-0.05, 0) is 27.2 Å². The Morgan fingerprint density at radius 2 is 2.20 bits per heavy atom. The van der Waals surface area contributed by atoms with Gasteiger partial charge in [0.2, 0.25) is 0 Å². The van der Waals surface area contributed by atoms with E-state index < -0.39 is 0 Å². The maximum Gasteiger partial charge on any atom is 0.128 e. The molecule has 1 fully saturated rings. The molecule has 4 heteroatoms. The van der Waals surface area contributed by atoms with E-state index in [0.717, 1.165) is 36.6 Å². The Morgan fingerprint density at radius 1 is 1.45 bits per heavy atom. The highest BCUT2D eigenvalue weighted by molar-refractivity contribution is 5.41. The minimum atomic E-state index is 0.547. The summed E-state index contributed by atoms with van der Waals surface area (Å²) in [5, 5.41) is 3.59. The summed E-state index contributed by atoms with van der Waals surface area (Å²) < 4.78 is 5.50. The molecule has 2 rings (SSSR count). The number of methoxy groups -OCH3 is 1. The summed E-state index contributed by atoms with van der Waals surface area (Å²) in [6.45, 7) is 11.7. The highest BCUT2D eigenvalue weighted by Crippen LogP contribution is 2.25. The van der Waals surface area contributed by atoms with Gasteiger partial charge in [-0.3, -0.25) is 9.88 Å². The van der Waals surface area contributed by atoms with Gasteiger partial charge in [-0.15, -0.1) is 0 Å². The zero-order chi connectivity index (χ0) is 14.7. The molecule has 4 nitrogen and oxygen atoms in total. The minimum Gasteiger partial charge on any atom is -0.496 e. The summed E-state index contributed by atoms with van der Waals surface area (Å²) in [7, 11) is 1.74. The first-order valence-corrected chi connectivity index (χ1v) is 7.53. The molecule has 20 heavy (non-hydrogen) atoms. The number of ether oxygens (including phenoxy) is 1. The van der Waals surface area contributed by atoms with E-state index in [-0.39, 0.29) is 0 Å². The maximum atomic E-state index is 5.50. The molecule has 0 bridgehead atoms. The fraction of sp³-hybridized carbons (Fsp3) is 0.688. The van der Waals surface area contributed by atoms with Crippen molar-refractivity contribution in [3.05, 3.63) is 23.0 Å². The van der Waals surface area contributed by atoms with Crippen LogP contribution in [0.1, 0.15) is 37.1 Å². The number of aromatic nitrogens is 1. The molecular formula is C16H27N3O. The molecule has 1 aromatic heterocycles. The van der Waals surface area contributed by atoms with E-state index in [0.29, 0.717) is 12.1 Å². The Hall–Kier alpha value is -1.13. The molecule has 1 aliphatic rings. The highest BCUT2D eigenvalue weighted by atomic mass is 16.5. The third kappa shape index (κ3) is 3.13. The molecule has 0 amide bonds. The number of hydrogen-bond acceptors (Lipinski definition) is 4. The van der Waals surface area contributed by atoms with Gasteiger partial charge in [-0.2, -0.15) is 0 Å². The van der Waals surface area contributed by atoms with Crippen molar-refractivity contribution in [2.24, 2.45) is 0 Å². The number of hydrogen-bond donors (Lipinski definition) is 1. The Balaban J connectivity index is 2.16. The molecule has 2 atom stereocenters. The predicted octanol–water partition coefficient (Wildman–Crippen LogP) is 2.28. The number of rotatable bonds is 4. The molecule has 2 unspecified atom stereocenters. The van der Waals surface area contributed by atoms with Crippen molar-refractivity contribution in [1.29, 1.82) is 0 Å². The molecule has 0 aliphatic carbocycles. The number of aryl methyl sites for hydroxylation is 1. The molecule has 1 aromatic rings. The van der Waals surface area contributed by atoms with Gasteiger partial charge in [-0.25, -0.2) is 0 Å². The minimum absolute atomic E-state index is 0.547. The van der Waals surface area contributed by atoms with Gasteiger partial charge in [0.25, 0.3) is 0 Å². The van der Waals surface area contributed by atoms with Gasteiger partial charge >= 0.3 is 0 Å². The van der Waals surface area contributed by atoms with Crippen LogP contribution in [0.25, 0.3) is 0 Å². The van der Waals surface area contributed by atoms with Crippen LogP contribution in [0, 0.1) is 13.8 Å². The average Bonchev–Trinajstić information content (AvgIpc) is 2.44. The van der Waals surface area contributed by atoms with E-state index in [2.05, 4.69) is 36.0 Å². The predicted molar refractivity (Wildman–Crippen MR) is 82.2 cm³/mol. The molecule has 0 radical (unpaired) electrons. The number of piperazine rings is 1. The molecule has 2 heterocycles. The van der Waals surface area contributed by atoms with E-state index in [4.69, 9.17) is 4.74 Å². The fourth-order valence-electron chi connectivity index (χ4n) is 2.91. The number of pyridine rings is 1. The summed E-state index contributed by atoms with van der Waals surface area (Å²) in [5.74, 6) is 0.977. The lowest BCUT2D eigenvalue weighted by atomic mass is 10.1. The lowest BCUT2D eigenvalue weighted by Gasteiger charge is -2.38. The van der Waals surface area contributed by atoms with Crippen molar-refractivity contribution < 1.29 is 4.74 Å². The van der Waals surface area contributed by atoms with Gasteiger partial charge in [0.15, 0.2) is 0 Å². The van der Waals surface area contributed by atoms with Crippen LogP contribution in [-0.4, -0.2) is 42.2 Å². The normalized spacial score (nSPS) is 23.9. The first-order chi connectivity index (χ1) is 9.56. The highest BCUT2D eigenvalue weighted by Gasteiger charge is 2.25. The monoisotopic (exact) mass is 277 g/mol. The molecule has 1 N–H and O–H groups in total. The van der Waals surface area contributed by atoms with Crippen LogP contribution in [0.4, 0.5) is 0 Å². The first kappa shape index (κ1) is 15.3. The topological polar surface area (TPSA) is 37.4 Å². The second kappa shape index (κ2) is 6.55. The van der Waals surface area contributed by atoms with E-state index >= 15 is 0 Å². The Morgan fingerprint density at radius 3 is 2.85 bits per heavy atom. The molecular weight excluding hydrogens is 250 g/mol. The molecule has 0 saturated carbocycles. The van der Waals surface area contributed by atoms with Crippen LogP contribution in [0.5, 0.6) is 5.75 Å². The molecule has 0 aromatic carbocycles. The van der Waals surface area contributed by atoms with Crippen LogP contribution in [0.15, 0.2) is 6.20 Å². The van der Waals surface area contributed by atoms with Crippen molar-refractivity contribution in [3.63, 3.8) is 0 Å². The zero-order valence-corrected chi connectivity index (χ0v) is 13.4. The van der Waals surface area contributed by atoms with Crippen molar-refractivity contribution in [1.82, 2.24) is 15.2 Å². The largest absolute Gasteiger partial charge is 0.496 e. The van der Waals surface area contributed by atoms with Gasteiger partial charge in [-0.1, -0.05) is 6.92 Å². The summed E-state index contributed by atoms with van der Waals surface area (Å²) in [4.78, 5) is 7.15. The first-order valence-electron chi connectivity index (χ1n) is 7.53. The van der Waals surface area contributed by atoms with Crippen LogP contribution in [-0.2, 0) is 6.54 Å². The van der Waals surface area contributed by atoms with E-state index in [1.165, 1.54) is 12.0 Å². The lowest BCUT2D eigenvalue weighted by molar-refractivity contribution is 0.129. The maximum absolute atomic E-state index is 5.50. The quantitative estimate of drug-likeness (QED) is 0.916. The van der Waals surface area contributed by atoms with Crippen LogP contribution in [0.2, 0.25) is 0 Å². The van der Waals surface area contributed by atoms with Crippen molar-refractivity contribution in [2.45, 2.75) is 52.7 Å². The molecule has 1 aliphatic heterocycles. The average molecular weight is 277 g/mol. The second-order valence-corrected chi connectivity index (χ2v) is 5.84. The zero-order valence-electron chi connectivity index (χ0n) is 13.4. The lowest BCUT2D eigenvalue weighted by Crippen LogP contribution is -2.54. The summed E-state index contributed by atoms with van der Waals surface area (Å²) >= 11 is 0. The summed E-state index contributed by atoms with van der Waals surface area (Å²) in [6, 6.07) is 1.14. The van der Waals surface area contributed by atoms with Gasteiger partial charge in [0.05, 0.1) is 12.8 Å². The van der Waals surface area contributed by atoms with Crippen molar-refractivity contribution >= 4 is 0 Å². The second-order valence-electron chi connectivity index (χ2n) is 5.84. The Bertz CT molecular complexity index is 461. The van der Waals surface area contributed by atoms with Gasteiger partial charge < -0.3 is 10.1 Å². The van der Waals surface area contributed by atoms with Crippen molar-refractivity contribution in [3.8, 4) is 5.75 Å². The van der Waals surface area contributed by atoms with Crippen LogP contribution < -0.4 is 10.1 Å². The van der Waals surface area contributed by atoms with Crippen LogP contribution >= 0.6 is 0 Å². The van der Waals surface area contributed by atoms with Crippen molar-refractivity contribution in [2.75, 3.05) is 20.2 Å². The summed E-state index contributed by atoms with van der Waals surface area (Å²) in [5.41, 5.74) is 3.41. The molecule has 1 saturated heterocycles. The Kier molecular flexibility index (Phi) is 5.00. The van der Waals surface area contributed by atoms with E-state index in [1.54, 1.807) is 7.11 Å². The van der Waals surface area contributed by atoms with Crippen LogP contribution in [0.3, 0.4) is 0 Å². The molecule has 0 spiro atoms. The standard InChI is InChI=1S/C16H27N3O/c1-6-14-9-19(12(3)8-17-14)10-15-13(4)16(20-5)11(2)7-18-15/h7,12,14,17H,6,8-10H2,1-5H3. The summed E-state index contributed by atoms with van der Waals surface area (Å²) in [6.07, 6.45) is 3.10. The fourth-order valence-corrected chi connectivity index (χ4v) is 2.91. The van der Waals surface area contributed by atoms with E-state index in [9.17, 15) is 0 Å². The van der Waals surface area contributed by atoms with E-state index in [1.807, 2.05) is 13.1 Å². The van der Waals surface area contributed by atoms with Gasteiger partial charge in [0, 0.05) is 49.0 Å². The number of nitrogens with one attached hydrogen (secondary N) is 1. The smallest absolute Gasteiger partial charge is 0.128 e. The van der Waals surface area contributed by atoms with Gasteiger partial charge in [0.1, 0.15) is 5.75 Å². The third-order valence-corrected chi connectivity index (χ3v) is 4.38.